The van der Waals surface area contributed by atoms with Crippen LogP contribution in [0.1, 0.15) is 13.8 Å². The van der Waals surface area contributed by atoms with Crippen molar-refractivity contribution in [2.75, 3.05) is 0 Å². The summed E-state index contributed by atoms with van der Waals surface area (Å²) >= 11 is 0. The molecule has 0 aromatic heterocycles. The van der Waals surface area contributed by atoms with Crippen LogP contribution >= 0.6 is 0 Å². The summed E-state index contributed by atoms with van der Waals surface area (Å²) in [6.45, 7) is 2.65. The van der Waals surface area contributed by atoms with Gasteiger partial charge >= 0.3 is 6.92 Å². The molecule has 0 saturated carbocycles. The summed E-state index contributed by atoms with van der Waals surface area (Å²) in [6, 6.07) is 0. The van der Waals surface area contributed by atoms with E-state index in [-0.39, 0.29) is 6.10 Å². The van der Waals surface area contributed by atoms with Crippen molar-refractivity contribution in [1.82, 2.24) is 0 Å². The monoisotopic (exact) mass is 122 g/mol. The molecule has 0 radical (unpaired) electrons. The number of nitriles is 2. The van der Waals surface area contributed by atoms with Gasteiger partial charge in [-0.05, 0) is 13.8 Å². The number of hydrogen-bond donors (Lipinski definition) is 0. The van der Waals surface area contributed by atoms with Crippen molar-refractivity contribution in [3.05, 3.63) is 0 Å². The molecule has 0 fully saturated rings. The van der Waals surface area contributed by atoms with Gasteiger partial charge in [0.15, 0.2) is 0 Å². The Hall–Kier alpha value is -0.995. The van der Waals surface area contributed by atoms with Crippen molar-refractivity contribution >= 4 is 6.92 Å². The van der Waals surface area contributed by atoms with E-state index in [2.05, 4.69) is 0 Å². The minimum Gasteiger partial charge on any atom is -0.409 e. The first-order valence-electron chi connectivity index (χ1n) is 2.65. The Morgan fingerprint density at radius 2 is 1.78 bits per heavy atom. The highest BCUT2D eigenvalue weighted by atomic mass is 16.4. The molecule has 0 bridgehead atoms. The zero-order valence-corrected chi connectivity index (χ0v) is 5.46. The Morgan fingerprint density at radius 1 is 1.33 bits per heavy atom. The first kappa shape index (κ1) is 8.00. The van der Waals surface area contributed by atoms with Crippen LogP contribution in [0.15, 0.2) is 0 Å². The maximum atomic E-state index is 8.18. The molecule has 0 saturated heterocycles. The highest BCUT2D eigenvalue weighted by Gasteiger charge is 2.15. The summed E-state index contributed by atoms with van der Waals surface area (Å²) in [5.41, 5.74) is 0. The van der Waals surface area contributed by atoms with E-state index in [4.69, 9.17) is 15.2 Å². The van der Waals surface area contributed by atoms with E-state index in [1.807, 2.05) is 0 Å². The summed E-state index contributed by atoms with van der Waals surface area (Å²) in [5, 5.41) is 16.4. The molecule has 0 heterocycles. The molecule has 0 aromatic rings. The summed E-state index contributed by atoms with van der Waals surface area (Å²) in [6.07, 6.45) is -0.0608. The summed E-state index contributed by atoms with van der Waals surface area (Å²) in [4.78, 5) is 0. The Labute approximate surface area is 55.0 Å². The molecular formula is C5H7BN2O. The van der Waals surface area contributed by atoms with Crippen molar-refractivity contribution in [3.8, 4) is 11.9 Å². The fourth-order valence-electron chi connectivity index (χ4n) is 0.362. The predicted octanol–water partition coefficient (Wildman–Crippen LogP) is 0.528. The van der Waals surface area contributed by atoms with Gasteiger partial charge in [0.2, 0.25) is 0 Å². The normalized spacial score (nSPS) is 8.11. The third-order valence-corrected chi connectivity index (χ3v) is 0.643. The van der Waals surface area contributed by atoms with Gasteiger partial charge in [-0.2, -0.15) is 0 Å². The molecule has 0 spiro atoms. The molecule has 0 aliphatic rings. The van der Waals surface area contributed by atoms with Crippen LogP contribution in [0.2, 0.25) is 0 Å². The molecule has 0 rings (SSSR count). The minimum atomic E-state index is -0.912. The molecule has 0 unspecified atom stereocenters. The second-order valence-electron chi connectivity index (χ2n) is 1.82. The van der Waals surface area contributed by atoms with Crippen molar-refractivity contribution in [2.45, 2.75) is 20.0 Å². The average Bonchev–Trinajstić information content (AvgIpc) is 1.82. The summed E-state index contributed by atoms with van der Waals surface area (Å²) < 4.78 is 4.83. The molecule has 0 aromatic carbocycles. The summed E-state index contributed by atoms with van der Waals surface area (Å²) in [7, 11) is 0. The van der Waals surface area contributed by atoms with Gasteiger partial charge in [0.05, 0.1) is 11.9 Å². The third kappa shape index (κ3) is 3.58. The van der Waals surface area contributed by atoms with E-state index < -0.39 is 6.92 Å². The molecular weight excluding hydrogens is 115 g/mol. The maximum absolute atomic E-state index is 8.18. The molecule has 0 N–H and O–H groups in total. The first-order chi connectivity index (χ1) is 4.20. The van der Waals surface area contributed by atoms with Crippen LogP contribution in [0.4, 0.5) is 0 Å². The highest BCUT2D eigenvalue weighted by Crippen LogP contribution is 1.89. The molecule has 3 nitrogen and oxygen atoms in total. The predicted molar refractivity (Wildman–Crippen MR) is 33.2 cm³/mol. The van der Waals surface area contributed by atoms with Crippen LogP contribution < -0.4 is 0 Å². The van der Waals surface area contributed by atoms with Gasteiger partial charge in [0.1, 0.15) is 0 Å². The van der Waals surface area contributed by atoms with Gasteiger partial charge in [-0.25, -0.2) is 10.5 Å². The number of hydrogen-bond acceptors (Lipinski definition) is 3. The van der Waals surface area contributed by atoms with Gasteiger partial charge < -0.3 is 4.65 Å². The van der Waals surface area contributed by atoms with E-state index in [0.717, 1.165) is 0 Å². The Balaban J connectivity index is 3.64. The fourth-order valence-corrected chi connectivity index (χ4v) is 0.362. The Bertz CT molecular complexity index is 141. The molecule has 46 valence electrons. The molecule has 4 heteroatoms. The second kappa shape index (κ2) is 3.94. The zero-order chi connectivity index (χ0) is 7.28. The fraction of sp³-hybridized carbons (Fsp3) is 0.600. The van der Waals surface area contributed by atoms with E-state index in [9.17, 15) is 0 Å². The van der Waals surface area contributed by atoms with Crippen LogP contribution in [0.25, 0.3) is 0 Å². The molecule has 0 atom stereocenters. The van der Waals surface area contributed by atoms with E-state index in [1.54, 1.807) is 25.8 Å². The third-order valence-electron chi connectivity index (χ3n) is 0.643. The quantitative estimate of drug-likeness (QED) is 0.501. The maximum Gasteiger partial charge on any atom is 0.528 e. The lowest BCUT2D eigenvalue weighted by molar-refractivity contribution is 0.253. The van der Waals surface area contributed by atoms with Crippen LogP contribution in [-0.4, -0.2) is 13.0 Å². The smallest absolute Gasteiger partial charge is 0.409 e. The molecule has 0 aliphatic carbocycles. The van der Waals surface area contributed by atoms with Crippen LogP contribution in [-0.2, 0) is 4.65 Å². The van der Waals surface area contributed by atoms with Crippen molar-refractivity contribution in [1.29, 1.82) is 10.5 Å². The first-order valence-corrected chi connectivity index (χ1v) is 2.65. The molecule has 0 amide bonds. The van der Waals surface area contributed by atoms with Gasteiger partial charge in [-0.3, -0.25) is 0 Å². The van der Waals surface area contributed by atoms with Crippen molar-refractivity contribution < 1.29 is 4.65 Å². The van der Waals surface area contributed by atoms with E-state index in [0.29, 0.717) is 0 Å². The SMILES string of the molecule is CC(C)OB(C#N)C#N. The van der Waals surface area contributed by atoms with Gasteiger partial charge in [0, 0.05) is 6.10 Å². The topological polar surface area (TPSA) is 56.8 Å². The lowest BCUT2D eigenvalue weighted by atomic mass is 9.73. The lowest BCUT2D eigenvalue weighted by Crippen LogP contribution is -2.18. The summed E-state index contributed by atoms with van der Waals surface area (Å²) in [5.74, 6) is 3.40. The van der Waals surface area contributed by atoms with Crippen LogP contribution in [0.5, 0.6) is 0 Å². The zero-order valence-electron chi connectivity index (χ0n) is 5.46. The number of nitrogens with zero attached hydrogens (tertiary/aromatic N) is 2. The standard InChI is InChI=1S/C5H7BN2O/c1-5(2)9-6(3-7)4-8/h5H,1-2H3. The van der Waals surface area contributed by atoms with Crippen molar-refractivity contribution in [3.63, 3.8) is 0 Å². The largest absolute Gasteiger partial charge is 0.528 e. The van der Waals surface area contributed by atoms with Crippen molar-refractivity contribution in [2.24, 2.45) is 0 Å². The number of rotatable bonds is 2. The van der Waals surface area contributed by atoms with E-state index >= 15 is 0 Å². The molecule has 9 heavy (non-hydrogen) atoms. The van der Waals surface area contributed by atoms with Crippen LogP contribution in [0.3, 0.4) is 0 Å². The Kier molecular flexibility index (Phi) is 3.51. The van der Waals surface area contributed by atoms with Crippen LogP contribution in [0, 0.1) is 22.5 Å². The lowest BCUT2D eigenvalue weighted by Gasteiger charge is -2.02. The van der Waals surface area contributed by atoms with Gasteiger partial charge in [0.25, 0.3) is 0 Å². The second-order valence-corrected chi connectivity index (χ2v) is 1.82. The van der Waals surface area contributed by atoms with Gasteiger partial charge in [-0.15, -0.1) is 0 Å². The average molecular weight is 122 g/mol. The Morgan fingerprint density at radius 3 is 1.89 bits per heavy atom. The van der Waals surface area contributed by atoms with Gasteiger partial charge in [-0.1, -0.05) is 0 Å². The highest BCUT2D eigenvalue weighted by molar-refractivity contribution is 6.68. The molecule has 0 aliphatic heterocycles. The van der Waals surface area contributed by atoms with E-state index in [1.165, 1.54) is 0 Å². The minimum absolute atomic E-state index is 0.0608.